The number of hydrogen-bond donors (Lipinski definition) is 2. The first-order valence-corrected chi connectivity index (χ1v) is 7.81. The first-order chi connectivity index (χ1) is 9.55. The summed E-state index contributed by atoms with van der Waals surface area (Å²) in [7, 11) is -2.63. The van der Waals surface area contributed by atoms with Gasteiger partial charge < -0.3 is 11.1 Å². The van der Waals surface area contributed by atoms with Crippen molar-refractivity contribution in [1.82, 2.24) is 9.62 Å². The molecule has 0 bridgehead atoms. The van der Waals surface area contributed by atoms with Crippen LogP contribution in [0.15, 0.2) is 17.0 Å². The van der Waals surface area contributed by atoms with Crippen LogP contribution in [0.4, 0.5) is 10.1 Å². The van der Waals surface area contributed by atoms with E-state index < -0.39 is 21.7 Å². The van der Waals surface area contributed by atoms with Gasteiger partial charge in [0.25, 0.3) is 0 Å². The molecule has 118 valence electrons. The van der Waals surface area contributed by atoms with Gasteiger partial charge in [-0.15, -0.1) is 0 Å². The van der Waals surface area contributed by atoms with Crippen LogP contribution in [0.25, 0.3) is 0 Å². The predicted octanol–water partition coefficient (Wildman–Crippen LogP) is 0.861. The maximum Gasteiger partial charge on any atom is 0.243 e. The molecule has 0 aliphatic heterocycles. The van der Waals surface area contributed by atoms with Gasteiger partial charge in [-0.3, -0.25) is 4.79 Å². The molecule has 8 heteroatoms. The smallest absolute Gasteiger partial charge is 0.243 e. The molecule has 0 aliphatic rings. The lowest BCUT2D eigenvalue weighted by Gasteiger charge is -2.19. The molecule has 1 aromatic carbocycles. The zero-order chi connectivity index (χ0) is 16.4. The fourth-order valence-electron chi connectivity index (χ4n) is 1.77. The summed E-state index contributed by atoms with van der Waals surface area (Å²) in [5.41, 5.74) is 5.40. The molecule has 1 aromatic rings. The van der Waals surface area contributed by atoms with Gasteiger partial charge in [-0.1, -0.05) is 0 Å². The van der Waals surface area contributed by atoms with E-state index in [1.165, 1.54) is 14.0 Å². The van der Waals surface area contributed by atoms with Crippen molar-refractivity contribution in [3.63, 3.8) is 0 Å². The second-order valence-electron chi connectivity index (χ2n) is 5.12. The Hall–Kier alpha value is -1.67. The molecule has 0 spiro atoms. The number of halogens is 1. The number of carbonyl (C=O) groups is 1. The number of rotatable bonds is 5. The average Bonchev–Trinajstić information content (AvgIpc) is 2.32. The minimum Gasteiger partial charge on any atom is -0.396 e. The van der Waals surface area contributed by atoms with Crippen LogP contribution < -0.4 is 11.1 Å². The Morgan fingerprint density at radius 3 is 2.52 bits per heavy atom. The lowest BCUT2D eigenvalue weighted by molar-refractivity contribution is -0.121. The number of carbonyl (C=O) groups excluding carboxylic acids is 1. The van der Waals surface area contributed by atoms with E-state index >= 15 is 0 Å². The summed E-state index contributed by atoms with van der Waals surface area (Å²) in [5.74, 6) is -1.09. The lowest BCUT2D eigenvalue weighted by atomic mass is 10.2. The van der Waals surface area contributed by atoms with Gasteiger partial charge in [0, 0.05) is 13.1 Å². The molecule has 0 heterocycles. The highest BCUT2D eigenvalue weighted by atomic mass is 32.2. The van der Waals surface area contributed by atoms with E-state index in [0.29, 0.717) is 0 Å². The predicted molar refractivity (Wildman–Crippen MR) is 78.6 cm³/mol. The Bertz CT molecular complexity index is 644. The van der Waals surface area contributed by atoms with Gasteiger partial charge in [0.1, 0.15) is 5.82 Å². The van der Waals surface area contributed by atoms with Crippen molar-refractivity contribution in [2.24, 2.45) is 0 Å². The molecule has 0 atom stereocenters. The molecule has 0 fully saturated rings. The number of amides is 1. The summed E-state index contributed by atoms with van der Waals surface area (Å²) in [6, 6.07) is 2.04. The van der Waals surface area contributed by atoms with Crippen LogP contribution in [0, 0.1) is 12.7 Å². The minimum absolute atomic E-state index is 0.0863. The molecule has 0 radical (unpaired) electrons. The molecule has 0 unspecified atom stereocenters. The number of anilines is 1. The number of likely N-dealkylation sites (N-methyl/N-ethyl adjacent to an activating group) is 1. The van der Waals surface area contributed by atoms with Crippen molar-refractivity contribution in [1.29, 1.82) is 0 Å². The summed E-state index contributed by atoms with van der Waals surface area (Å²) in [6.45, 7) is 4.70. The molecule has 1 amide bonds. The lowest BCUT2D eigenvalue weighted by Crippen LogP contribution is -2.41. The van der Waals surface area contributed by atoms with Crippen molar-refractivity contribution in [3.05, 3.63) is 23.5 Å². The summed E-state index contributed by atoms with van der Waals surface area (Å²) >= 11 is 0. The van der Waals surface area contributed by atoms with E-state index in [2.05, 4.69) is 5.32 Å². The van der Waals surface area contributed by atoms with Gasteiger partial charge in [-0.05, 0) is 38.5 Å². The van der Waals surface area contributed by atoms with E-state index in [-0.39, 0.29) is 28.7 Å². The van der Waals surface area contributed by atoms with Gasteiger partial charge in [0.2, 0.25) is 15.9 Å². The first kappa shape index (κ1) is 17.4. The van der Waals surface area contributed by atoms with Crippen molar-refractivity contribution >= 4 is 21.6 Å². The normalized spacial score (nSPS) is 12.0. The van der Waals surface area contributed by atoms with E-state index in [1.807, 2.05) is 0 Å². The zero-order valence-corrected chi connectivity index (χ0v) is 13.3. The van der Waals surface area contributed by atoms with Crippen LogP contribution in [0.3, 0.4) is 0 Å². The monoisotopic (exact) mass is 317 g/mol. The Balaban J connectivity index is 3.06. The highest BCUT2D eigenvalue weighted by molar-refractivity contribution is 7.89. The number of nitrogens with zero attached hydrogens (tertiary/aromatic N) is 1. The van der Waals surface area contributed by atoms with Gasteiger partial charge in [-0.2, -0.15) is 4.31 Å². The molecule has 6 nitrogen and oxygen atoms in total. The summed E-state index contributed by atoms with van der Waals surface area (Å²) in [4.78, 5) is 11.5. The molecule has 3 N–H and O–H groups in total. The Morgan fingerprint density at radius 1 is 1.43 bits per heavy atom. The number of nitrogens with two attached hydrogens (primary N) is 1. The number of aryl methyl sites for hydroxylation is 1. The molecule has 21 heavy (non-hydrogen) atoms. The van der Waals surface area contributed by atoms with Crippen LogP contribution in [0.1, 0.15) is 19.4 Å². The maximum atomic E-state index is 13.3. The van der Waals surface area contributed by atoms with E-state index in [4.69, 9.17) is 5.73 Å². The third kappa shape index (κ3) is 4.15. The van der Waals surface area contributed by atoms with Crippen molar-refractivity contribution in [2.75, 3.05) is 19.3 Å². The van der Waals surface area contributed by atoms with E-state index in [9.17, 15) is 17.6 Å². The molecule has 0 aliphatic carbocycles. The van der Waals surface area contributed by atoms with Gasteiger partial charge >= 0.3 is 0 Å². The Morgan fingerprint density at radius 2 is 2.00 bits per heavy atom. The largest absolute Gasteiger partial charge is 0.396 e. The molecule has 0 aromatic heterocycles. The average molecular weight is 317 g/mol. The van der Waals surface area contributed by atoms with Crippen LogP contribution >= 0.6 is 0 Å². The van der Waals surface area contributed by atoms with Crippen LogP contribution in [-0.4, -0.2) is 38.3 Å². The van der Waals surface area contributed by atoms with E-state index in [0.717, 1.165) is 16.4 Å². The number of hydrogen-bond acceptors (Lipinski definition) is 4. The molecule has 1 rings (SSSR count). The van der Waals surface area contributed by atoms with Crippen molar-refractivity contribution in [2.45, 2.75) is 31.7 Å². The Kier molecular flexibility index (Phi) is 5.30. The SMILES string of the molecule is Cc1cc(F)c(N)cc1S(=O)(=O)N(C)CC(=O)NC(C)C. The summed E-state index contributed by atoms with van der Waals surface area (Å²) in [5, 5.41) is 2.60. The number of nitrogens with one attached hydrogen (secondary N) is 1. The van der Waals surface area contributed by atoms with Crippen molar-refractivity contribution in [3.8, 4) is 0 Å². The summed E-state index contributed by atoms with van der Waals surface area (Å²) in [6.07, 6.45) is 0. The quantitative estimate of drug-likeness (QED) is 0.788. The molecule has 0 saturated heterocycles. The third-order valence-corrected chi connectivity index (χ3v) is 4.74. The second-order valence-corrected chi connectivity index (χ2v) is 7.14. The van der Waals surface area contributed by atoms with Crippen LogP contribution in [0.5, 0.6) is 0 Å². The number of sulfonamides is 1. The fourth-order valence-corrected chi connectivity index (χ4v) is 3.13. The van der Waals surface area contributed by atoms with Gasteiger partial charge in [0.05, 0.1) is 17.1 Å². The topological polar surface area (TPSA) is 92.5 Å². The minimum atomic E-state index is -3.91. The third-order valence-electron chi connectivity index (χ3n) is 2.80. The number of benzene rings is 1. The van der Waals surface area contributed by atoms with Crippen LogP contribution in [-0.2, 0) is 14.8 Å². The highest BCUT2D eigenvalue weighted by Crippen LogP contribution is 2.23. The highest BCUT2D eigenvalue weighted by Gasteiger charge is 2.25. The molecular weight excluding hydrogens is 297 g/mol. The molecular formula is C13H20FN3O3S. The molecule has 0 saturated carbocycles. The van der Waals surface area contributed by atoms with Gasteiger partial charge in [-0.25, -0.2) is 12.8 Å². The number of nitrogen functional groups attached to an aromatic ring is 1. The fraction of sp³-hybridized carbons (Fsp3) is 0.462. The Labute approximate surface area is 124 Å². The zero-order valence-electron chi connectivity index (χ0n) is 12.5. The van der Waals surface area contributed by atoms with Crippen molar-refractivity contribution < 1.29 is 17.6 Å². The maximum absolute atomic E-state index is 13.3. The van der Waals surface area contributed by atoms with E-state index in [1.54, 1.807) is 13.8 Å². The standard InChI is InChI=1S/C13H20FN3O3S/c1-8(2)16-13(18)7-17(4)21(19,20)12-6-11(15)10(14)5-9(12)3/h5-6,8H,7,15H2,1-4H3,(H,16,18). The first-order valence-electron chi connectivity index (χ1n) is 6.37. The van der Waals surface area contributed by atoms with Crippen LogP contribution in [0.2, 0.25) is 0 Å². The van der Waals surface area contributed by atoms with Gasteiger partial charge in [0.15, 0.2) is 0 Å². The summed E-state index contributed by atoms with van der Waals surface area (Å²) < 4.78 is 39.0. The second kappa shape index (κ2) is 6.40.